The lowest BCUT2D eigenvalue weighted by molar-refractivity contribution is -0.385. The molecule has 0 saturated heterocycles. The minimum absolute atomic E-state index is 0.00890. The number of amides is 1. The van der Waals surface area contributed by atoms with Crippen LogP contribution in [0.2, 0.25) is 0 Å². The average Bonchev–Trinajstić information content (AvgIpc) is 3.33. The number of nitro groups is 1. The maximum atomic E-state index is 13.5. The van der Waals surface area contributed by atoms with Crippen LogP contribution in [0, 0.1) is 38.7 Å². The van der Waals surface area contributed by atoms with Gasteiger partial charge in [-0.15, -0.1) is 0 Å². The van der Waals surface area contributed by atoms with Crippen LogP contribution in [0.15, 0.2) is 42.0 Å². The quantitative estimate of drug-likeness (QED) is 0.150. The van der Waals surface area contributed by atoms with Gasteiger partial charge in [0.05, 0.1) is 24.6 Å². The van der Waals surface area contributed by atoms with E-state index < -0.39 is 88.0 Å². The molecule has 8 atom stereocenters. The van der Waals surface area contributed by atoms with Gasteiger partial charge in [-0.1, -0.05) is 31.6 Å². The lowest BCUT2D eigenvalue weighted by Crippen LogP contribution is -2.61. The van der Waals surface area contributed by atoms with Crippen molar-refractivity contribution in [3.63, 3.8) is 0 Å². The number of esters is 2. The van der Waals surface area contributed by atoms with Gasteiger partial charge in [0, 0.05) is 35.7 Å². The van der Waals surface area contributed by atoms with Crippen molar-refractivity contribution in [3.8, 4) is 5.75 Å². The average molecular weight is 683 g/mol. The first kappa shape index (κ1) is 35.9. The van der Waals surface area contributed by atoms with Crippen molar-refractivity contribution in [3.05, 3.63) is 57.7 Å². The normalized spacial score (nSPS) is 32.1. The van der Waals surface area contributed by atoms with Crippen LogP contribution in [0.5, 0.6) is 5.75 Å². The molecule has 0 radical (unpaired) electrons. The van der Waals surface area contributed by atoms with Gasteiger partial charge in [0.25, 0.3) is 0 Å². The van der Waals surface area contributed by atoms with Gasteiger partial charge in [-0.3, -0.25) is 29.3 Å². The highest BCUT2D eigenvalue weighted by Crippen LogP contribution is 2.67. The van der Waals surface area contributed by atoms with Crippen molar-refractivity contribution < 1.29 is 53.7 Å². The SMILES string of the molecule is COC(=O)C(Cc1ccc(O)c([N+](=O)[O-])c1)NC(=O)CCC(=O)OCC(=O)[C@]1(O)CCC2C3CCC4=CC(=O)C=C[C@]4(C)C3C(O)C[C@@]21C. The van der Waals surface area contributed by atoms with Crippen LogP contribution in [0.1, 0.15) is 64.4 Å². The smallest absolute Gasteiger partial charge is 0.328 e. The van der Waals surface area contributed by atoms with Gasteiger partial charge in [0.15, 0.2) is 18.1 Å². The molecule has 1 aromatic carbocycles. The third-order valence-corrected chi connectivity index (χ3v) is 11.5. The summed E-state index contributed by atoms with van der Waals surface area (Å²) in [7, 11) is 1.10. The molecule has 3 saturated carbocycles. The molecule has 14 nitrogen and oxygen atoms in total. The molecule has 5 rings (SSSR count). The number of nitrogens with zero attached hydrogens (tertiary/aromatic N) is 1. The first-order valence-corrected chi connectivity index (χ1v) is 16.4. The van der Waals surface area contributed by atoms with Gasteiger partial charge in [0.2, 0.25) is 11.7 Å². The van der Waals surface area contributed by atoms with E-state index in [1.165, 1.54) is 6.07 Å². The fraction of sp³-hybridized carbons (Fsp3) is 0.571. The standard InChI is InChI=1S/C35H42N2O12/c1-33-12-10-21(38)16-20(33)5-6-22-23-11-13-35(45,34(23,2)17-27(40)31(22)33)28(41)18-49-30(43)9-8-29(42)36-24(32(44)48-3)14-19-4-7-26(39)25(15-19)37(46)47/h4,7,10,12,15-16,22-24,27,31,39-40,45H,5-6,8-9,11,13-14,17-18H2,1-3H3,(H,36,42)/t22?,23?,24?,27?,31?,33-,34-,35+/m0/s1. The Morgan fingerprint density at radius 3 is 2.59 bits per heavy atom. The minimum Gasteiger partial charge on any atom is -0.502 e. The zero-order chi connectivity index (χ0) is 35.9. The van der Waals surface area contributed by atoms with Crippen LogP contribution in [0.3, 0.4) is 0 Å². The molecule has 4 aliphatic carbocycles. The zero-order valence-electron chi connectivity index (χ0n) is 27.7. The number of hydrogen-bond donors (Lipinski definition) is 4. The number of ketones is 2. The lowest BCUT2D eigenvalue weighted by atomic mass is 9.46. The number of carbonyl (C=O) groups is 5. The second-order valence-corrected chi connectivity index (χ2v) is 14.1. The van der Waals surface area contributed by atoms with E-state index in [2.05, 4.69) is 5.32 Å². The Labute approximate surface area is 282 Å². The van der Waals surface area contributed by atoms with E-state index >= 15 is 0 Å². The number of phenolic OH excluding ortho intramolecular Hbond substituents is 1. The van der Waals surface area contributed by atoms with E-state index in [0.29, 0.717) is 12.8 Å². The number of benzene rings is 1. The Balaban J connectivity index is 1.16. The second-order valence-electron chi connectivity index (χ2n) is 14.1. The van der Waals surface area contributed by atoms with Gasteiger partial charge in [-0.25, -0.2) is 4.79 Å². The number of carbonyl (C=O) groups excluding carboxylic acids is 5. The largest absolute Gasteiger partial charge is 0.502 e. The van der Waals surface area contributed by atoms with E-state index in [1.807, 2.05) is 19.9 Å². The topological polar surface area (TPSA) is 220 Å². The van der Waals surface area contributed by atoms with Crippen molar-refractivity contribution in [2.24, 2.45) is 28.6 Å². The number of nitro benzene ring substituents is 1. The maximum absolute atomic E-state index is 13.5. The Kier molecular flexibility index (Phi) is 9.86. The Bertz CT molecular complexity index is 1640. The summed E-state index contributed by atoms with van der Waals surface area (Å²) in [6, 6.07) is 2.27. The van der Waals surface area contributed by atoms with Crippen molar-refractivity contribution in [1.82, 2.24) is 5.32 Å². The molecular weight excluding hydrogens is 640 g/mol. The number of aromatic hydroxyl groups is 1. The minimum atomic E-state index is -1.84. The number of aliphatic hydroxyl groups is 2. The molecule has 4 N–H and O–H groups in total. The number of hydrogen-bond acceptors (Lipinski definition) is 12. The third kappa shape index (κ3) is 6.51. The molecule has 3 fully saturated rings. The number of phenols is 1. The molecule has 4 aliphatic rings. The van der Waals surface area contributed by atoms with E-state index in [1.54, 1.807) is 12.2 Å². The number of allylic oxidation sites excluding steroid dienone is 4. The first-order valence-electron chi connectivity index (χ1n) is 16.4. The summed E-state index contributed by atoms with van der Waals surface area (Å²) < 4.78 is 9.91. The van der Waals surface area contributed by atoms with E-state index in [0.717, 1.165) is 31.2 Å². The highest BCUT2D eigenvalue weighted by molar-refractivity contribution is 6.01. The Hall–Kier alpha value is -4.43. The number of aliphatic hydroxyl groups excluding tert-OH is 1. The van der Waals surface area contributed by atoms with Crippen LogP contribution in [-0.2, 0) is 39.9 Å². The third-order valence-electron chi connectivity index (χ3n) is 11.5. The fourth-order valence-corrected chi connectivity index (χ4v) is 9.02. The zero-order valence-corrected chi connectivity index (χ0v) is 27.7. The van der Waals surface area contributed by atoms with E-state index in [-0.39, 0.29) is 48.4 Å². The molecule has 14 heteroatoms. The number of nitrogens with one attached hydrogen (secondary N) is 1. The van der Waals surface area contributed by atoms with E-state index in [4.69, 9.17) is 9.47 Å². The van der Waals surface area contributed by atoms with Gasteiger partial charge >= 0.3 is 17.6 Å². The number of fused-ring (bicyclic) bond motifs is 5. The molecule has 0 bridgehead atoms. The first-order chi connectivity index (χ1) is 23.0. The van der Waals surface area contributed by atoms with Crippen molar-refractivity contribution in [2.45, 2.75) is 83.0 Å². The van der Waals surface area contributed by atoms with Crippen LogP contribution >= 0.6 is 0 Å². The lowest BCUT2D eigenvalue weighted by Gasteiger charge is -2.59. The maximum Gasteiger partial charge on any atom is 0.328 e. The molecule has 0 aromatic heterocycles. The Morgan fingerprint density at radius 2 is 1.90 bits per heavy atom. The van der Waals surface area contributed by atoms with Crippen LogP contribution < -0.4 is 5.32 Å². The molecule has 5 unspecified atom stereocenters. The molecule has 0 spiro atoms. The summed E-state index contributed by atoms with van der Waals surface area (Å²) in [6.07, 6.45) is 5.48. The van der Waals surface area contributed by atoms with E-state index in [9.17, 15) is 49.4 Å². The predicted octanol–water partition coefficient (Wildman–Crippen LogP) is 2.40. The van der Waals surface area contributed by atoms with Crippen LogP contribution in [0.4, 0.5) is 5.69 Å². The van der Waals surface area contributed by atoms with Gasteiger partial charge in [0.1, 0.15) is 11.6 Å². The summed E-state index contributed by atoms with van der Waals surface area (Å²) in [6.45, 7) is 3.13. The van der Waals surface area contributed by atoms with Gasteiger partial charge < -0.3 is 30.1 Å². The van der Waals surface area contributed by atoms with Crippen LogP contribution in [-0.4, -0.2) is 81.1 Å². The van der Waals surface area contributed by atoms with Crippen molar-refractivity contribution >= 4 is 35.1 Å². The summed E-state index contributed by atoms with van der Waals surface area (Å²) >= 11 is 0. The highest BCUT2D eigenvalue weighted by Gasteiger charge is 2.68. The molecule has 49 heavy (non-hydrogen) atoms. The van der Waals surface area contributed by atoms with Crippen LogP contribution in [0.25, 0.3) is 0 Å². The summed E-state index contributed by atoms with van der Waals surface area (Å²) in [5.74, 6) is -3.98. The van der Waals surface area contributed by atoms with Crippen molar-refractivity contribution in [2.75, 3.05) is 13.7 Å². The molecule has 0 heterocycles. The number of ether oxygens (including phenoxy) is 2. The molecule has 1 amide bonds. The predicted molar refractivity (Wildman–Crippen MR) is 171 cm³/mol. The fourth-order valence-electron chi connectivity index (χ4n) is 9.02. The number of methoxy groups -OCH3 is 1. The Morgan fingerprint density at radius 1 is 1.16 bits per heavy atom. The van der Waals surface area contributed by atoms with Gasteiger partial charge in [-0.05, 0) is 67.7 Å². The monoisotopic (exact) mass is 682 g/mol. The number of rotatable bonds is 11. The molecule has 0 aliphatic heterocycles. The van der Waals surface area contributed by atoms with Gasteiger partial charge in [-0.2, -0.15) is 0 Å². The second kappa shape index (κ2) is 13.5. The summed E-state index contributed by atoms with van der Waals surface area (Å²) in [5.41, 5.74) is -2.61. The highest BCUT2D eigenvalue weighted by atomic mass is 16.6. The number of Topliss-reactive ketones (excluding diaryl/α,β-unsaturated/α-hetero) is 1. The summed E-state index contributed by atoms with van der Waals surface area (Å²) in [5, 5.41) is 46.6. The molecule has 1 aromatic rings. The summed E-state index contributed by atoms with van der Waals surface area (Å²) in [4.78, 5) is 73.5. The van der Waals surface area contributed by atoms with Crippen molar-refractivity contribution in [1.29, 1.82) is 0 Å². The molecular formula is C35H42N2O12. The molecule has 264 valence electrons.